The second-order valence-electron chi connectivity index (χ2n) is 5.65. The Morgan fingerprint density at radius 1 is 1.28 bits per heavy atom. The number of halogens is 6. The highest BCUT2D eigenvalue weighted by atomic mass is 19.4. The van der Waals surface area contributed by atoms with E-state index in [-0.39, 0.29) is 6.08 Å². The average molecular weight is 370 g/mol. The highest BCUT2D eigenvalue weighted by Crippen LogP contribution is 2.53. The van der Waals surface area contributed by atoms with Gasteiger partial charge in [-0.25, -0.2) is 4.79 Å². The van der Waals surface area contributed by atoms with Gasteiger partial charge in [-0.1, -0.05) is 11.8 Å². The van der Waals surface area contributed by atoms with Gasteiger partial charge in [-0.05, 0) is 25.5 Å². The van der Waals surface area contributed by atoms with Gasteiger partial charge >= 0.3 is 18.3 Å². The monoisotopic (exact) mass is 370 g/mol. The average Bonchev–Trinajstić information content (AvgIpc) is 2.38. The van der Waals surface area contributed by atoms with Crippen molar-refractivity contribution in [2.75, 3.05) is 0 Å². The van der Waals surface area contributed by atoms with Crippen LogP contribution in [0.1, 0.15) is 20.3 Å². The topological polar surface area (TPSA) is 74.6 Å². The highest BCUT2D eigenvalue weighted by molar-refractivity contribution is 5.93. The van der Waals surface area contributed by atoms with E-state index >= 15 is 0 Å². The van der Waals surface area contributed by atoms with Crippen molar-refractivity contribution in [1.29, 1.82) is 0 Å². The van der Waals surface area contributed by atoms with Crippen LogP contribution in [0.5, 0.6) is 0 Å². The Kier molecular flexibility index (Phi) is 5.17. The van der Waals surface area contributed by atoms with Crippen LogP contribution in [0.15, 0.2) is 23.3 Å². The predicted molar refractivity (Wildman–Crippen MR) is 72.0 cm³/mol. The third-order valence-corrected chi connectivity index (χ3v) is 3.85. The van der Waals surface area contributed by atoms with Crippen LogP contribution in [-0.4, -0.2) is 39.9 Å². The van der Waals surface area contributed by atoms with Gasteiger partial charge in [0.25, 0.3) is 0 Å². The van der Waals surface area contributed by atoms with Crippen LogP contribution in [0.25, 0.3) is 0 Å². The van der Waals surface area contributed by atoms with Crippen molar-refractivity contribution < 1.29 is 46.1 Å². The predicted octanol–water partition coefficient (Wildman–Crippen LogP) is 2.78. The maximum Gasteiger partial charge on any atom is 0.424 e. The number of aliphatic carboxylic acids is 1. The molecule has 1 rings (SSSR count). The zero-order valence-electron chi connectivity index (χ0n) is 12.8. The summed E-state index contributed by atoms with van der Waals surface area (Å²) in [5, 5.41) is 18.8. The standard InChI is InChI=1S/C15H12F6O4/c1-8-5-10(22)7-12(2,15(19,20)21)13(8,25)4-3-9(6-11(23)24)14(16,17)18/h5-6,25H,7H2,1-2H3,(H,23,24)/b9-6+. The molecule has 2 N–H and O–H groups in total. The molecular weight excluding hydrogens is 358 g/mol. The van der Waals surface area contributed by atoms with E-state index in [1.54, 1.807) is 0 Å². The van der Waals surface area contributed by atoms with Gasteiger partial charge in [0.15, 0.2) is 11.4 Å². The van der Waals surface area contributed by atoms with Gasteiger partial charge in [0.1, 0.15) is 11.0 Å². The first-order valence-corrected chi connectivity index (χ1v) is 6.60. The van der Waals surface area contributed by atoms with E-state index in [4.69, 9.17) is 5.11 Å². The van der Waals surface area contributed by atoms with Crippen LogP contribution in [0.2, 0.25) is 0 Å². The Bertz CT molecular complexity index is 719. The summed E-state index contributed by atoms with van der Waals surface area (Å²) in [5.41, 5.74) is -8.83. The number of alkyl halides is 6. The van der Waals surface area contributed by atoms with E-state index in [0.29, 0.717) is 13.0 Å². The summed E-state index contributed by atoms with van der Waals surface area (Å²) >= 11 is 0. The number of ketones is 1. The molecular formula is C15H12F6O4. The lowest BCUT2D eigenvalue weighted by Gasteiger charge is -2.45. The Morgan fingerprint density at radius 2 is 1.80 bits per heavy atom. The SMILES string of the molecule is CC1=CC(=O)CC(C)(C(F)(F)F)C1(O)C#C/C(=C\C(=O)O)C(F)(F)F. The maximum absolute atomic E-state index is 13.4. The molecule has 0 saturated carbocycles. The third kappa shape index (κ3) is 3.87. The van der Waals surface area contributed by atoms with Crippen molar-refractivity contribution in [3.63, 3.8) is 0 Å². The molecule has 25 heavy (non-hydrogen) atoms. The molecule has 0 saturated heterocycles. The first-order valence-electron chi connectivity index (χ1n) is 6.60. The Labute approximate surface area is 137 Å². The number of carboxylic acid groups (broad SMARTS) is 1. The summed E-state index contributed by atoms with van der Waals surface area (Å²) in [4.78, 5) is 21.9. The summed E-state index contributed by atoms with van der Waals surface area (Å²) in [7, 11) is 0. The van der Waals surface area contributed by atoms with Crippen LogP contribution in [0, 0.1) is 17.3 Å². The molecule has 4 nitrogen and oxygen atoms in total. The zero-order chi connectivity index (χ0) is 19.8. The molecule has 0 bridgehead atoms. The number of rotatable bonds is 1. The van der Waals surface area contributed by atoms with E-state index in [1.807, 2.05) is 0 Å². The molecule has 10 heteroatoms. The number of hydrogen-bond acceptors (Lipinski definition) is 3. The fourth-order valence-electron chi connectivity index (χ4n) is 2.32. The number of carbonyl (C=O) groups is 2. The number of allylic oxidation sites excluding steroid dienone is 2. The first kappa shape index (κ1) is 20.8. The Balaban J connectivity index is 3.63. The smallest absolute Gasteiger partial charge is 0.424 e. The lowest BCUT2D eigenvalue weighted by Crippen LogP contribution is -2.58. The minimum absolute atomic E-state index is 0.325. The first-order chi connectivity index (χ1) is 11.0. The maximum atomic E-state index is 13.4. The quantitative estimate of drug-likeness (QED) is 0.423. The molecule has 0 fully saturated rings. The molecule has 0 radical (unpaired) electrons. The molecule has 1 aliphatic rings. The highest BCUT2D eigenvalue weighted by Gasteiger charge is 2.65. The fraction of sp³-hybridized carbons (Fsp3) is 0.467. The van der Waals surface area contributed by atoms with Crippen molar-refractivity contribution >= 4 is 11.8 Å². The van der Waals surface area contributed by atoms with Crippen molar-refractivity contribution in [3.05, 3.63) is 23.3 Å². The van der Waals surface area contributed by atoms with E-state index in [2.05, 4.69) is 0 Å². The fourth-order valence-corrected chi connectivity index (χ4v) is 2.32. The van der Waals surface area contributed by atoms with Gasteiger partial charge in [0, 0.05) is 12.5 Å². The second kappa shape index (κ2) is 6.22. The Hall–Kier alpha value is -2.28. The molecule has 0 aliphatic heterocycles. The lowest BCUT2D eigenvalue weighted by molar-refractivity contribution is -0.259. The molecule has 1 aliphatic carbocycles. The minimum atomic E-state index is -5.25. The van der Waals surface area contributed by atoms with Gasteiger partial charge in [0.05, 0.1) is 0 Å². The van der Waals surface area contributed by atoms with Gasteiger partial charge in [-0.2, -0.15) is 26.3 Å². The van der Waals surface area contributed by atoms with Gasteiger partial charge in [-0.3, -0.25) is 4.79 Å². The molecule has 2 unspecified atom stereocenters. The third-order valence-electron chi connectivity index (χ3n) is 3.85. The van der Waals surface area contributed by atoms with Crippen LogP contribution >= 0.6 is 0 Å². The molecule has 2 atom stereocenters. The lowest BCUT2D eigenvalue weighted by atomic mass is 9.63. The van der Waals surface area contributed by atoms with Crippen LogP contribution < -0.4 is 0 Å². The van der Waals surface area contributed by atoms with E-state index in [1.165, 1.54) is 11.8 Å². The van der Waals surface area contributed by atoms with Crippen molar-refractivity contribution in [2.45, 2.75) is 38.2 Å². The van der Waals surface area contributed by atoms with Gasteiger partial charge in [0.2, 0.25) is 0 Å². The minimum Gasteiger partial charge on any atom is -0.478 e. The van der Waals surface area contributed by atoms with E-state index < -0.39 is 52.7 Å². The second-order valence-corrected chi connectivity index (χ2v) is 5.65. The normalized spacial score (nSPS) is 28.1. The Morgan fingerprint density at radius 3 is 2.20 bits per heavy atom. The molecule has 0 aromatic heterocycles. The molecule has 0 spiro atoms. The molecule has 0 amide bonds. The summed E-state index contributed by atoms with van der Waals surface area (Å²) in [6.07, 6.45) is -11.3. The van der Waals surface area contributed by atoms with Crippen molar-refractivity contribution in [3.8, 4) is 11.8 Å². The zero-order valence-corrected chi connectivity index (χ0v) is 12.8. The van der Waals surface area contributed by atoms with Gasteiger partial charge in [-0.15, -0.1) is 0 Å². The molecule has 0 heterocycles. The number of aliphatic hydroxyl groups is 1. The van der Waals surface area contributed by atoms with Crippen LogP contribution in [-0.2, 0) is 9.59 Å². The summed E-state index contributed by atoms with van der Waals surface area (Å²) in [6.45, 7) is 1.38. The van der Waals surface area contributed by atoms with Crippen molar-refractivity contribution in [2.24, 2.45) is 5.41 Å². The number of carboxylic acids is 1. The van der Waals surface area contributed by atoms with Crippen LogP contribution in [0.3, 0.4) is 0 Å². The molecule has 138 valence electrons. The van der Waals surface area contributed by atoms with E-state index in [9.17, 15) is 41.0 Å². The number of hydrogen-bond donors (Lipinski definition) is 2. The van der Waals surface area contributed by atoms with E-state index in [0.717, 1.165) is 6.92 Å². The summed E-state index contributed by atoms with van der Waals surface area (Å²) < 4.78 is 78.4. The largest absolute Gasteiger partial charge is 0.478 e. The molecule has 0 aromatic rings. The van der Waals surface area contributed by atoms with Crippen molar-refractivity contribution in [1.82, 2.24) is 0 Å². The molecule has 0 aromatic carbocycles. The van der Waals surface area contributed by atoms with Crippen LogP contribution in [0.4, 0.5) is 26.3 Å². The number of carbonyl (C=O) groups excluding carboxylic acids is 1. The van der Waals surface area contributed by atoms with Gasteiger partial charge < -0.3 is 10.2 Å². The summed E-state index contributed by atoms with van der Waals surface area (Å²) in [6, 6.07) is 0. The summed E-state index contributed by atoms with van der Waals surface area (Å²) in [5.74, 6) is -0.219.